The van der Waals surface area contributed by atoms with Gasteiger partial charge in [0.15, 0.2) is 0 Å². The van der Waals surface area contributed by atoms with Crippen molar-refractivity contribution in [1.82, 2.24) is 14.6 Å². The summed E-state index contributed by atoms with van der Waals surface area (Å²) in [5.74, 6) is 0.0250. The Hall–Kier alpha value is -1.47. The van der Waals surface area contributed by atoms with Gasteiger partial charge in [-0.1, -0.05) is 19.9 Å². The maximum atomic E-state index is 11.8. The SMILES string of the molecule is CC(C)CNC(=O)CN(Cc1cccnc1)S(C)(=O)=O. The molecule has 0 fully saturated rings. The number of hydrogen-bond donors (Lipinski definition) is 1. The lowest BCUT2D eigenvalue weighted by molar-refractivity contribution is -0.121. The van der Waals surface area contributed by atoms with Gasteiger partial charge in [0.05, 0.1) is 12.8 Å². The minimum atomic E-state index is -3.45. The molecule has 20 heavy (non-hydrogen) atoms. The molecule has 1 amide bonds. The number of rotatable bonds is 7. The number of amides is 1. The van der Waals surface area contributed by atoms with E-state index >= 15 is 0 Å². The molecule has 0 bridgehead atoms. The van der Waals surface area contributed by atoms with E-state index in [2.05, 4.69) is 10.3 Å². The van der Waals surface area contributed by atoms with E-state index in [1.54, 1.807) is 24.5 Å². The van der Waals surface area contributed by atoms with Crippen LogP contribution in [0.15, 0.2) is 24.5 Å². The van der Waals surface area contributed by atoms with Gasteiger partial charge in [-0.15, -0.1) is 0 Å². The summed E-state index contributed by atoms with van der Waals surface area (Å²) in [6.45, 7) is 4.44. The van der Waals surface area contributed by atoms with Crippen molar-refractivity contribution in [2.24, 2.45) is 5.92 Å². The predicted octanol–water partition coefficient (Wildman–Crippen LogP) is 0.615. The van der Waals surface area contributed by atoms with E-state index in [9.17, 15) is 13.2 Å². The lowest BCUT2D eigenvalue weighted by Gasteiger charge is -2.19. The van der Waals surface area contributed by atoms with Crippen LogP contribution in [-0.4, -0.2) is 43.0 Å². The minimum absolute atomic E-state index is 0.141. The number of carbonyl (C=O) groups excluding carboxylic acids is 1. The summed E-state index contributed by atoms with van der Waals surface area (Å²) in [6.07, 6.45) is 4.30. The Morgan fingerprint density at radius 2 is 2.15 bits per heavy atom. The summed E-state index contributed by atoms with van der Waals surface area (Å²) >= 11 is 0. The van der Waals surface area contributed by atoms with Gasteiger partial charge in [-0.05, 0) is 17.5 Å². The van der Waals surface area contributed by atoms with Crippen LogP contribution in [0.25, 0.3) is 0 Å². The summed E-state index contributed by atoms with van der Waals surface area (Å²) in [6, 6.07) is 3.51. The second-order valence-corrected chi connectivity index (χ2v) is 7.07. The average Bonchev–Trinajstić information content (AvgIpc) is 2.36. The first-order valence-electron chi connectivity index (χ1n) is 6.39. The van der Waals surface area contributed by atoms with Crippen LogP contribution in [0, 0.1) is 5.92 Å². The number of carbonyl (C=O) groups is 1. The van der Waals surface area contributed by atoms with Gasteiger partial charge in [0.2, 0.25) is 15.9 Å². The van der Waals surface area contributed by atoms with Crippen molar-refractivity contribution >= 4 is 15.9 Å². The number of sulfonamides is 1. The molecule has 1 rings (SSSR count). The Morgan fingerprint density at radius 3 is 2.65 bits per heavy atom. The molecule has 0 aliphatic carbocycles. The summed E-state index contributed by atoms with van der Waals surface area (Å²) in [5, 5.41) is 2.71. The molecule has 1 aromatic heterocycles. The molecule has 0 saturated carbocycles. The third-order valence-corrected chi connectivity index (χ3v) is 3.77. The van der Waals surface area contributed by atoms with Gasteiger partial charge >= 0.3 is 0 Å². The van der Waals surface area contributed by atoms with Crippen molar-refractivity contribution in [3.63, 3.8) is 0 Å². The zero-order valence-corrected chi connectivity index (χ0v) is 12.9. The van der Waals surface area contributed by atoms with Gasteiger partial charge in [-0.25, -0.2) is 8.42 Å². The summed E-state index contributed by atoms with van der Waals surface area (Å²) in [5.41, 5.74) is 0.745. The Labute approximate surface area is 120 Å². The van der Waals surface area contributed by atoms with Crippen molar-refractivity contribution in [3.05, 3.63) is 30.1 Å². The van der Waals surface area contributed by atoms with Crippen molar-refractivity contribution < 1.29 is 13.2 Å². The molecule has 0 saturated heterocycles. The molecule has 1 heterocycles. The topological polar surface area (TPSA) is 79.4 Å². The van der Waals surface area contributed by atoms with Crippen molar-refractivity contribution in [1.29, 1.82) is 0 Å². The quantitative estimate of drug-likeness (QED) is 0.800. The zero-order chi connectivity index (χ0) is 15.2. The van der Waals surface area contributed by atoms with Crippen molar-refractivity contribution in [2.75, 3.05) is 19.3 Å². The Morgan fingerprint density at radius 1 is 1.45 bits per heavy atom. The smallest absolute Gasteiger partial charge is 0.235 e. The lowest BCUT2D eigenvalue weighted by atomic mass is 10.2. The standard InChI is InChI=1S/C13H21N3O3S/c1-11(2)7-15-13(17)10-16(20(3,18)19)9-12-5-4-6-14-8-12/h4-6,8,11H,7,9-10H2,1-3H3,(H,15,17). The molecule has 0 aliphatic heterocycles. The zero-order valence-electron chi connectivity index (χ0n) is 12.0. The molecule has 0 radical (unpaired) electrons. The van der Waals surface area contributed by atoms with Crippen LogP contribution in [0.1, 0.15) is 19.4 Å². The second-order valence-electron chi connectivity index (χ2n) is 5.09. The molecule has 7 heteroatoms. The number of hydrogen-bond acceptors (Lipinski definition) is 4. The first kappa shape index (κ1) is 16.6. The second kappa shape index (κ2) is 7.35. The molecule has 1 N–H and O–H groups in total. The highest BCUT2D eigenvalue weighted by Crippen LogP contribution is 2.06. The molecule has 1 aromatic rings. The molecule has 112 valence electrons. The monoisotopic (exact) mass is 299 g/mol. The maximum Gasteiger partial charge on any atom is 0.235 e. The first-order valence-corrected chi connectivity index (χ1v) is 8.24. The number of nitrogens with one attached hydrogen (secondary N) is 1. The van der Waals surface area contributed by atoms with Gasteiger partial charge in [0.25, 0.3) is 0 Å². The lowest BCUT2D eigenvalue weighted by Crippen LogP contribution is -2.40. The van der Waals surface area contributed by atoms with Crippen LogP contribution in [0.3, 0.4) is 0 Å². The number of pyridine rings is 1. The summed E-state index contributed by atoms with van der Waals surface area (Å²) in [4.78, 5) is 15.7. The fourth-order valence-corrected chi connectivity index (χ4v) is 2.26. The Bertz CT molecular complexity index is 529. The third-order valence-electron chi connectivity index (χ3n) is 2.58. The highest BCUT2D eigenvalue weighted by atomic mass is 32.2. The van der Waals surface area contributed by atoms with Crippen molar-refractivity contribution in [3.8, 4) is 0 Å². The molecular weight excluding hydrogens is 278 g/mol. The molecule has 0 unspecified atom stereocenters. The van der Waals surface area contributed by atoms with E-state index in [4.69, 9.17) is 0 Å². The van der Waals surface area contributed by atoms with Gasteiger partial charge in [0, 0.05) is 25.5 Å². The van der Waals surface area contributed by atoms with Crippen LogP contribution in [0.4, 0.5) is 0 Å². The fourth-order valence-electron chi connectivity index (χ4n) is 1.52. The molecule has 0 atom stereocenters. The van der Waals surface area contributed by atoms with Crippen LogP contribution in [0.5, 0.6) is 0 Å². The van der Waals surface area contributed by atoms with Gasteiger partial charge in [-0.2, -0.15) is 4.31 Å². The van der Waals surface area contributed by atoms with Crippen LogP contribution in [-0.2, 0) is 21.4 Å². The van der Waals surface area contributed by atoms with E-state index in [1.807, 2.05) is 13.8 Å². The number of nitrogens with zero attached hydrogens (tertiary/aromatic N) is 2. The van der Waals surface area contributed by atoms with Gasteiger partial charge in [-0.3, -0.25) is 9.78 Å². The largest absolute Gasteiger partial charge is 0.355 e. The summed E-state index contributed by atoms with van der Waals surface area (Å²) in [7, 11) is -3.45. The minimum Gasteiger partial charge on any atom is -0.355 e. The van der Waals surface area contributed by atoms with E-state index in [0.29, 0.717) is 12.5 Å². The average molecular weight is 299 g/mol. The van der Waals surface area contributed by atoms with Crippen LogP contribution >= 0.6 is 0 Å². The van der Waals surface area contributed by atoms with Crippen molar-refractivity contribution in [2.45, 2.75) is 20.4 Å². The normalized spacial score (nSPS) is 11.8. The summed E-state index contributed by atoms with van der Waals surface area (Å²) < 4.78 is 24.6. The van der Waals surface area contributed by atoms with E-state index in [1.165, 1.54) is 0 Å². The van der Waals surface area contributed by atoms with E-state index < -0.39 is 10.0 Å². The molecular formula is C13H21N3O3S. The maximum absolute atomic E-state index is 11.8. The highest BCUT2D eigenvalue weighted by molar-refractivity contribution is 7.88. The van der Waals surface area contributed by atoms with Gasteiger partial charge < -0.3 is 5.32 Å². The van der Waals surface area contributed by atoms with E-state index in [0.717, 1.165) is 16.1 Å². The fraction of sp³-hybridized carbons (Fsp3) is 0.538. The predicted molar refractivity (Wildman–Crippen MR) is 77.3 cm³/mol. The first-order chi connectivity index (χ1) is 9.29. The molecule has 0 aromatic carbocycles. The van der Waals surface area contributed by atoms with Crippen LogP contribution in [0.2, 0.25) is 0 Å². The molecule has 0 aliphatic rings. The van der Waals surface area contributed by atoms with Gasteiger partial charge in [0.1, 0.15) is 0 Å². The Kier molecular flexibility index (Phi) is 6.09. The highest BCUT2D eigenvalue weighted by Gasteiger charge is 2.20. The molecule has 6 nitrogen and oxygen atoms in total. The molecule has 0 spiro atoms. The van der Waals surface area contributed by atoms with Crippen LogP contribution < -0.4 is 5.32 Å². The van der Waals surface area contributed by atoms with E-state index in [-0.39, 0.29) is 19.0 Å². The Balaban J connectivity index is 2.69. The third kappa shape index (κ3) is 6.12. The number of aromatic nitrogens is 1.